The number of fused-ring (bicyclic) bond motifs is 1. The van der Waals surface area contributed by atoms with Crippen molar-refractivity contribution in [3.05, 3.63) is 34.9 Å². The Kier molecular flexibility index (Phi) is 6.40. The third kappa shape index (κ3) is 4.74. The molecule has 2 heterocycles. The predicted molar refractivity (Wildman–Crippen MR) is 116 cm³/mol. The summed E-state index contributed by atoms with van der Waals surface area (Å²) in [5.41, 5.74) is 4.21. The lowest BCUT2D eigenvalue weighted by Crippen LogP contribution is -2.44. The summed E-state index contributed by atoms with van der Waals surface area (Å²) in [7, 11) is 0. The summed E-state index contributed by atoms with van der Waals surface area (Å²) >= 11 is 0. The summed E-state index contributed by atoms with van der Waals surface area (Å²) in [6.07, 6.45) is 10.8. The van der Waals surface area contributed by atoms with Gasteiger partial charge in [-0.3, -0.25) is 9.69 Å². The number of carbonyl (C=O) groups excluding carboxylic acids is 1. The van der Waals surface area contributed by atoms with Crippen LogP contribution in [0.5, 0.6) is 0 Å². The van der Waals surface area contributed by atoms with Gasteiger partial charge in [0.05, 0.1) is 12.2 Å². The lowest BCUT2D eigenvalue weighted by molar-refractivity contribution is -0.142. The molecule has 2 aliphatic carbocycles. The number of carbonyl (C=O) groups is 1. The van der Waals surface area contributed by atoms with Crippen molar-refractivity contribution >= 4 is 5.91 Å². The van der Waals surface area contributed by atoms with Crippen LogP contribution in [0.4, 0.5) is 0 Å². The molecule has 1 aromatic carbocycles. The number of ether oxygens (including phenoxy) is 2. The van der Waals surface area contributed by atoms with Gasteiger partial charge in [-0.15, -0.1) is 0 Å². The van der Waals surface area contributed by atoms with Gasteiger partial charge < -0.3 is 14.8 Å². The first-order valence-corrected chi connectivity index (χ1v) is 12.1. The summed E-state index contributed by atoms with van der Waals surface area (Å²) in [4.78, 5) is 15.2. The summed E-state index contributed by atoms with van der Waals surface area (Å²) in [5.74, 6) is 0.305. The molecule has 0 atom stereocenters. The van der Waals surface area contributed by atoms with E-state index in [9.17, 15) is 4.79 Å². The lowest BCUT2D eigenvalue weighted by Gasteiger charge is -2.37. The van der Waals surface area contributed by atoms with Crippen molar-refractivity contribution < 1.29 is 14.3 Å². The summed E-state index contributed by atoms with van der Waals surface area (Å²) in [6, 6.07) is 7.66. The maximum atomic E-state index is 12.5. The van der Waals surface area contributed by atoms with Crippen molar-refractivity contribution in [3.63, 3.8) is 0 Å². The number of hydrogen-bond donors (Lipinski definition) is 1. The molecule has 1 amide bonds. The zero-order valence-corrected chi connectivity index (χ0v) is 18.1. The van der Waals surface area contributed by atoms with Crippen LogP contribution in [0.1, 0.15) is 61.6 Å². The van der Waals surface area contributed by atoms with Gasteiger partial charge in [0, 0.05) is 44.8 Å². The van der Waals surface area contributed by atoms with Crippen LogP contribution < -0.4 is 5.32 Å². The van der Waals surface area contributed by atoms with Crippen molar-refractivity contribution in [2.24, 2.45) is 5.92 Å². The van der Waals surface area contributed by atoms with E-state index in [2.05, 4.69) is 28.4 Å². The van der Waals surface area contributed by atoms with E-state index in [0.717, 1.165) is 57.8 Å². The number of rotatable bonds is 6. The van der Waals surface area contributed by atoms with Gasteiger partial charge in [-0.25, -0.2) is 0 Å². The predicted octanol–water partition coefficient (Wildman–Crippen LogP) is 3.23. The minimum absolute atomic E-state index is 0.117. The zero-order valence-electron chi connectivity index (χ0n) is 18.1. The van der Waals surface area contributed by atoms with Crippen LogP contribution in [0.25, 0.3) is 0 Å². The molecule has 5 heteroatoms. The van der Waals surface area contributed by atoms with Gasteiger partial charge in [0.15, 0.2) is 0 Å². The first kappa shape index (κ1) is 20.5. The van der Waals surface area contributed by atoms with Gasteiger partial charge in [0.25, 0.3) is 0 Å². The summed E-state index contributed by atoms with van der Waals surface area (Å²) in [5, 5.41) is 3.17. The number of benzene rings is 1. The van der Waals surface area contributed by atoms with Crippen molar-refractivity contribution in [2.45, 2.75) is 82.6 Å². The molecule has 1 saturated heterocycles. The molecule has 2 aliphatic heterocycles. The third-order valence-electron chi connectivity index (χ3n) is 7.68. The van der Waals surface area contributed by atoms with Crippen LogP contribution >= 0.6 is 0 Å². The Morgan fingerprint density at radius 3 is 2.53 bits per heavy atom. The SMILES string of the molecule is O=C(NCc1ccc2c(c1)CCN(C1CCC1)CC2)C1CC(OC2CCOCC2)C1. The first-order valence-electron chi connectivity index (χ1n) is 12.1. The van der Waals surface area contributed by atoms with Crippen molar-refractivity contribution in [1.29, 1.82) is 0 Å². The Hall–Kier alpha value is -1.43. The topological polar surface area (TPSA) is 50.8 Å². The fraction of sp³-hybridized carbons (Fsp3) is 0.720. The highest BCUT2D eigenvalue weighted by Gasteiger charge is 2.36. The molecule has 1 aromatic rings. The van der Waals surface area contributed by atoms with Crippen LogP contribution in [0.2, 0.25) is 0 Å². The zero-order chi connectivity index (χ0) is 20.3. The van der Waals surface area contributed by atoms with Crippen molar-refractivity contribution in [3.8, 4) is 0 Å². The quantitative estimate of drug-likeness (QED) is 0.779. The lowest BCUT2D eigenvalue weighted by atomic mass is 9.81. The molecule has 1 N–H and O–H groups in total. The molecule has 0 aromatic heterocycles. The second kappa shape index (κ2) is 9.37. The number of hydrogen-bond acceptors (Lipinski definition) is 4. The molecule has 2 saturated carbocycles. The van der Waals surface area contributed by atoms with E-state index in [1.165, 1.54) is 49.0 Å². The Labute approximate surface area is 180 Å². The van der Waals surface area contributed by atoms with Gasteiger partial charge in [0.2, 0.25) is 5.91 Å². The highest BCUT2D eigenvalue weighted by Crippen LogP contribution is 2.33. The molecule has 3 fully saturated rings. The van der Waals surface area contributed by atoms with Gasteiger partial charge in [-0.05, 0) is 68.1 Å². The Morgan fingerprint density at radius 1 is 1.03 bits per heavy atom. The highest BCUT2D eigenvalue weighted by molar-refractivity contribution is 5.79. The second-order valence-corrected chi connectivity index (χ2v) is 9.68. The van der Waals surface area contributed by atoms with Crippen LogP contribution in [-0.2, 0) is 33.7 Å². The highest BCUT2D eigenvalue weighted by atomic mass is 16.5. The molecular weight excluding hydrogens is 376 g/mol. The molecule has 0 unspecified atom stereocenters. The Bertz CT molecular complexity index is 736. The van der Waals surface area contributed by atoms with Crippen molar-refractivity contribution in [1.82, 2.24) is 10.2 Å². The standard InChI is InChI=1S/C25H36N2O3/c28-25(21-15-24(16-21)30-23-8-12-29-13-9-23)26-17-18-4-5-19-6-10-27(22-2-1-3-22)11-7-20(19)14-18/h4-5,14,21-24H,1-3,6-13,15-17H2,(H,26,28). The average molecular weight is 413 g/mol. The number of nitrogens with zero attached hydrogens (tertiary/aromatic N) is 1. The fourth-order valence-electron chi connectivity index (χ4n) is 5.33. The number of amides is 1. The number of nitrogens with one attached hydrogen (secondary N) is 1. The van der Waals surface area contributed by atoms with Crippen LogP contribution in [0.3, 0.4) is 0 Å². The summed E-state index contributed by atoms with van der Waals surface area (Å²) < 4.78 is 11.5. The Morgan fingerprint density at radius 2 is 1.80 bits per heavy atom. The van der Waals surface area contributed by atoms with Crippen LogP contribution in [0, 0.1) is 5.92 Å². The minimum Gasteiger partial charge on any atom is -0.381 e. The fourth-order valence-corrected chi connectivity index (χ4v) is 5.33. The molecule has 5 rings (SSSR count). The maximum Gasteiger partial charge on any atom is 0.223 e. The second-order valence-electron chi connectivity index (χ2n) is 9.68. The van der Waals surface area contributed by atoms with E-state index in [0.29, 0.717) is 12.6 Å². The van der Waals surface area contributed by atoms with Crippen LogP contribution in [-0.4, -0.2) is 55.4 Å². The largest absolute Gasteiger partial charge is 0.381 e. The van der Waals surface area contributed by atoms with E-state index in [4.69, 9.17) is 9.47 Å². The van der Waals surface area contributed by atoms with E-state index >= 15 is 0 Å². The van der Waals surface area contributed by atoms with E-state index in [1.807, 2.05) is 0 Å². The van der Waals surface area contributed by atoms with Gasteiger partial charge >= 0.3 is 0 Å². The van der Waals surface area contributed by atoms with E-state index in [1.54, 1.807) is 0 Å². The molecule has 0 radical (unpaired) electrons. The maximum absolute atomic E-state index is 12.5. The Balaban J connectivity index is 1.06. The van der Waals surface area contributed by atoms with Gasteiger partial charge in [0.1, 0.15) is 0 Å². The molecule has 4 aliphatic rings. The van der Waals surface area contributed by atoms with Crippen LogP contribution in [0.15, 0.2) is 18.2 Å². The third-order valence-corrected chi connectivity index (χ3v) is 7.68. The normalized spacial score (nSPS) is 28.1. The molecule has 0 spiro atoms. The smallest absolute Gasteiger partial charge is 0.223 e. The molecule has 30 heavy (non-hydrogen) atoms. The molecular formula is C25H36N2O3. The van der Waals surface area contributed by atoms with E-state index in [-0.39, 0.29) is 17.9 Å². The van der Waals surface area contributed by atoms with Crippen molar-refractivity contribution in [2.75, 3.05) is 26.3 Å². The molecule has 0 bridgehead atoms. The molecule has 164 valence electrons. The first-order chi connectivity index (χ1) is 14.7. The monoisotopic (exact) mass is 412 g/mol. The average Bonchev–Trinajstić information content (AvgIpc) is 2.90. The molecule has 5 nitrogen and oxygen atoms in total. The van der Waals surface area contributed by atoms with E-state index < -0.39 is 0 Å². The van der Waals surface area contributed by atoms with Gasteiger partial charge in [-0.1, -0.05) is 24.6 Å². The van der Waals surface area contributed by atoms with Gasteiger partial charge in [-0.2, -0.15) is 0 Å². The minimum atomic E-state index is 0.117. The summed E-state index contributed by atoms with van der Waals surface area (Å²) in [6.45, 7) is 4.64.